The van der Waals surface area contributed by atoms with Crippen LogP contribution in [0.2, 0.25) is 0 Å². The van der Waals surface area contributed by atoms with E-state index < -0.39 is 23.5 Å². The van der Waals surface area contributed by atoms with Crippen molar-refractivity contribution >= 4 is 11.8 Å². The standard InChI is InChI=1S/C20H28FN3O4/c1-22(2)16(12-25)20(28)24-10-9-23(11-15(24)13-5-3-6-13)19(27)14-7-4-8-17(26)18(14)21/h4,7-8,13,15-16,25-26H,3,5-6,9-12H2,1-2H3/t15?,16-/m0/s1. The predicted molar refractivity (Wildman–Crippen MR) is 101 cm³/mol. The molecule has 2 amide bonds. The van der Waals surface area contributed by atoms with Crippen LogP contribution in [-0.2, 0) is 4.79 Å². The van der Waals surface area contributed by atoms with Gasteiger partial charge in [0.1, 0.15) is 6.04 Å². The van der Waals surface area contributed by atoms with E-state index in [1.807, 2.05) is 0 Å². The summed E-state index contributed by atoms with van der Waals surface area (Å²) in [5, 5.41) is 19.2. The number of phenols is 1. The number of carbonyl (C=O) groups excluding carboxylic acids is 2. The third-order valence-corrected chi connectivity index (χ3v) is 5.97. The Morgan fingerprint density at radius 2 is 2.00 bits per heavy atom. The summed E-state index contributed by atoms with van der Waals surface area (Å²) in [6, 6.07) is 3.25. The van der Waals surface area contributed by atoms with Gasteiger partial charge in [-0.15, -0.1) is 0 Å². The van der Waals surface area contributed by atoms with Gasteiger partial charge in [0.25, 0.3) is 5.91 Å². The lowest BCUT2D eigenvalue weighted by molar-refractivity contribution is -0.144. The summed E-state index contributed by atoms with van der Waals surface area (Å²) >= 11 is 0. The molecule has 2 fully saturated rings. The van der Waals surface area contributed by atoms with Crippen molar-refractivity contribution in [1.82, 2.24) is 14.7 Å². The van der Waals surface area contributed by atoms with Crippen LogP contribution in [0.1, 0.15) is 29.6 Å². The number of aliphatic hydroxyl groups is 1. The predicted octanol–water partition coefficient (Wildman–Crippen LogP) is 0.907. The number of hydrogen-bond donors (Lipinski definition) is 2. The molecule has 1 aliphatic heterocycles. The summed E-state index contributed by atoms with van der Waals surface area (Å²) < 4.78 is 14.2. The highest BCUT2D eigenvalue weighted by molar-refractivity contribution is 5.95. The number of phenolic OH excluding ortho intramolecular Hbond substituents is 1. The van der Waals surface area contributed by atoms with Crippen LogP contribution in [0, 0.1) is 11.7 Å². The molecule has 2 aliphatic rings. The summed E-state index contributed by atoms with van der Waals surface area (Å²) in [6.07, 6.45) is 3.07. The normalized spacial score (nSPS) is 21.5. The Bertz CT molecular complexity index is 738. The fourth-order valence-electron chi connectivity index (χ4n) is 4.01. The van der Waals surface area contributed by atoms with Crippen LogP contribution >= 0.6 is 0 Å². The Kier molecular flexibility index (Phi) is 6.20. The summed E-state index contributed by atoms with van der Waals surface area (Å²) in [4.78, 5) is 30.9. The molecule has 0 aromatic heterocycles. The third kappa shape index (κ3) is 3.84. The summed E-state index contributed by atoms with van der Waals surface area (Å²) in [5.74, 6) is -1.78. The minimum absolute atomic E-state index is 0.139. The van der Waals surface area contributed by atoms with E-state index in [2.05, 4.69) is 0 Å². The van der Waals surface area contributed by atoms with Crippen molar-refractivity contribution in [2.24, 2.45) is 5.92 Å². The van der Waals surface area contributed by atoms with Crippen LogP contribution in [0.25, 0.3) is 0 Å². The Labute approximate surface area is 164 Å². The first-order chi connectivity index (χ1) is 13.3. The molecule has 7 nitrogen and oxygen atoms in total. The largest absolute Gasteiger partial charge is 0.505 e. The molecule has 3 rings (SSSR count). The zero-order valence-corrected chi connectivity index (χ0v) is 16.3. The first-order valence-electron chi connectivity index (χ1n) is 9.69. The molecule has 0 spiro atoms. The third-order valence-electron chi connectivity index (χ3n) is 5.97. The molecule has 1 saturated carbocycles. The van der Waals surface area contributed by atoms with Gasteiger partial charge in [0.2, 0.25) is 5.91 Å². The molecule has 2 atom stereocenters. The smallest absolute Gasteiger partial charge is 0.257 e. The van der Waals surface area contributed by atoms with Crippen LogP contribution in [0.3, 0.4) is 0 Å². The Morgan fingerprint density at radius 3 is 2.57 bits per heavy atom. The molecular weight excluding hydrogens is 365 g/mol. The molecule has 8 heteroatoms. The lowest BCUT2D eigenvalue weighted by Crippen LogP contribution is -2.63. The van der Waals surface area contributed by atoms with E-state index in [0.717, 1.165) is 19.3 Å². The van der Waals surface area contributed by atoms with Crippen molar-refractivity contribution in [3.8, 4) is 5.75 Å². The molecule has 1 heterocycles. The first-order valence-corrected chi connectivity index (χ1v) is 9.69. The highest BCUT2D eigenvalue weighted by Gasteiger charge is 2.41. The number of likely N-dealkylation sites (N-methyl/N-ethyl adjacent to an activating group) is 1. The van der Waals surface area contributed by atoms with Gasteiger partial charge in [-0.2, -0.15) is 0 Å². The van der Waals surface area contributed by atoms with Crippen LogP contribution in [0.4, 0.5) is 4.39 Å². The van der Waals surface area contributed by atoms with Gasteiger partial charge in [-0.3, -0.25) is 14.5 Å². The van der Waals surface area contributed by atoms with Crippen LogP contribution in [0.15, 0.2) is 18.2 Å². The fraction of sp³-hybridized carbons (Fsp3) is 0.600. The quantitative estimate of drug-likeness (QED) is 0.777. The zero-order chi connectivity index (χ0) is 20.4. The van der Waals surface area contributed by atoms with Crippen molar-refractivity contribution in [2.45, 2.75) is 31.3 Å². The number of aliphatic hydroxyl groups excluding tert-OH is 1. The van der Waals surface area contributed by atoms with Crippen molar-refractivity contribution in [3.05, 3.63) is 29.6 Å². The molecule has 154 valence electrons. The highest BCUT2D eigenvalue weighted by Crippen LogP contribution is 2.35. The summed E-state index contributed by atoms with van der Waals surface area (Å²) in [6.45, 7) is 0.692. The molecule has 1 unspecified atom stereocenters. The highest BCUT2D eigenvalue weighted by atomic mass is 19.1. The van der Waals surface area contributed by atoms with Crippen LogP contribution in [-0.4, -0.2) is 89.1 Å². The van der Waals surface area contributed by atoms with E-state index in [4.69, 9.17) is 0 Å². The van der Waals surface area contributed by atoms with Gasteiger partial charge in [-0.1, -0.05) is 12.5 Å². The van der Waals surface area contributed by atoms with Gasteiger partial charge in [-0.25, -0.2) is 4.39 Å². The zero-order valence-electron chi connectivity index (χ0n) is 16.3. The molecule has 28 heavy (non-hydrogen) atoms. The molecule has 0 radical (unpaired) electrons. The van der Waals surface area contributed by atoms with E-state index in [1.165, 1.54) is 18.2 Å². The van der Waals surface area contributed by atoms with Gasteiger partial charge in [0.15, 0.2) is 11.6 Å². The van der Waals surface area contributed by atoms with Crippen molar-refractivity contribution < 1.29 is 24.2 Å². The van der Waals surface area contributed by atoms with Crippen LogP contribution in [0.5, 0.6) is 5.75 Å². The van der Waals surface area contributed by atoms with Crippen molar-refractivity contribution in [2.75, 3.05) is 40.3 Å². The van der Waals surface area contributed by atoms with E-state index in [0.29, 0.717) is 19.0 Å². The Morgan fingerprint density at radius 1 is 1.29 bits per heavy atom. The van der Waals surface area contributed by atoms with Gasteiger partial charge in [0, 0.05) is 19.6 Å². The number of benzene rings is 1. The monoisotopic (exact) mass is 393 g/mol. The Balaban J connectivity index is 1.80. The van der Waals surface area contributed by atoms with E-state index in [1.54, 1.807) is 28.8 Å². The van der Waals surface area contributed by atoms with Crippen molar-refractivity contribution in [1.29, 1.82) is 0 Å². The summed E-state index contributed by atoms with van der Waals surface area (Å²) in [5.41, 5.74) is -0.159. The van der Waals surface area contributed by atoms with E-state index in [9.17, 15) is 24.2 Å². The molecule has 1 aromatic carbocycles. The molecule has 1 saturated heterocycles. The minimum atomic E-state index is -0.917. The van der Waals surface area contributed by atoms with Crippen molar-refractivity contribution in [3.63, 3.8) is 0 Å². The summed E-state index contributed by atoms with van der Waals surface area (Å²) in [7, 11) is 3.50. The SMILES string of the molecule is CN(C)[C@@H](CO)C(=O)N1CCN(C(=O)c2cccc(O)c2F)CC1C1CCC1. The number of aromatic hydroxyl groups is 1. The molecule has 1 aromatic rings. The van der Waals surface area contributed by atoms with E-state index in [-0.39, 0.29) is 30.7 Å². The Hall–Kier alpha value is -2.19. The second kappa shape index (κ2) is 8.45. The molecule has 2 N–H and O–H groups in total. The topological polar surface area (TPSA) is 84.3 Å². The maximum atomic E-state index is 14.2. The second-order valence-corrected chi connectivity index (χ2v) is 7.84. The number of hydrogen-bond acceptors (Lipinski definition) is 5. The van der Waals surface area contributed by atoms with Gasteiger partial charge >= 0.3 is 0 Å². The van der Waals surface area contributed by atoms with Gasteiger partial charge in [-0.05, 0) is 45.0 Å². The first kappa shape index (κ1) is 20.5. The van der Waals surface area contributed by atoms with Gasteiger partial charge < -0.3 is 20.0 Å². The number of amides is 2. The number of halogens is 1. The molecule has 0 bridgehead atoms. The average molecular weight is 393 g/mol. The van der Waals surface area contributed by atoms with Gasteiger partial charge in [0.05, 0.1) is 18.2 Å². The van der Waals surface area contributed by atoms with E-state index >= 15 is 0 Å². The number of rotatable bonds is 5. The lowest BCUT2D eigenvalue weighted by Gasteiger charge is -2.48. The number of nitrogens with zero attached hydrogens (tertiary/aromatic N) is 3. The average Bonchev–Trinajstić information content (AvgIpc) is 2.62. The minimum Gasteiger partial charge on any atom is -0.505 e. The number of piperazine rings is 1. The fourth-order valence-corrected chi connectivity index (χ4v) is 4.01. The number of carbonyl (C=O) groups is 2. The molecular formula is C20H28FN3O4. The van der Waals surface area contributed by atoms with Crippen LogP contribution < -0.4 is 0 Å². The lowest BCUT2D eigenvalue weighted by atomic mass is 9.78. The second-order valence-electron chi connectivity index (χ2n) is 7.84. The maximum absolute atomic E-state index is 14.2. The maximum Gasteiger partial charge on any atom is 0.257 e. The molecule has 1 aliphatic carbocycles.